The zero-order valence-electron chi connectivity index (χ0n) is 11.3. The summed E-state index contributed by atoms with van der Waals surface area (Å²) in [6, 6.07) is 7.58. The number of rotatable bonds is 3. The minimum atomic E-state index is -2.97. The van der Waals surface area contributed by atoms with Gasteiger partial charge in [0, 0.05) is 27.6 Å². The van der Waals surface area contributed by atoms with Crippen molar-refractivity contribution in [3.63, 3.8) is 0 Å². The number of nitrogens with zero attached hydrogens (tertiary/aromatic N) is 1. The van der Waals surface area contributed by atoms with Crippen molar-refractivity contribution in [2.75, 3.05) is 11.5 Å². The maximum atomic E-state index is 12.1. The lowest BCUT2D eigenvalue weighted by molar-refractivity contribution is -0.122. The van der Waals surface area contributed by atoms with E-state index in [1.165, 1.54) is 0 Å². The Bertz CT molecular complexity index is 798. The second-order valence-corrected chi connectivity index (χ2v) is 8.46. The number of aromatic nitrogens is 1. The molecule has 0 saturated carbocycles. The lowest BCUT2D eigenvalue weighted by Gasteiger charge is -2.12. The van der Waals surface area contributed by atoms with Gasteiger partial charge >= 0.3 is 0 Å². The Morgan fingerprint density at radius 3 is 2.90 bits per heavy atom. The van der Waals surface area contributed by atoms with E-state index in [1.807, 2.05) is 35.0 Å². The fourth-order valence-electron chi connectivity index (χ4n) is 2.65. The third-order valence-corrected chi connectivity index (χ3v) is 5.91. The van der Waals surface area contributed by atoms with E-state index in [-0.39, 0.29) is 30.0 Å². The number of halogens is 1. The van der Waals surface area contributed by atoms with Gasteiger partial charge in [0.15, 0.2) is 9.84 Å². The number of sulfone groups is 1. The smallest absolute Gasteiger partial charge is 0.240 e. The van der Waals surface area contributed by atoms with E-state index in [9.17, 15) is 13.2 Å². The third kappa shape index (κ3) is 3.29. The van der Waals surface area contributed by atoms with Crippen molar-refractivity contribution in [1.82, 2.24) is 9.88 Å². The van der Waals surface area contributed by atoms with Crippen LogP contribution in [-0.2, 0) is 21.2 Å². The van der Waals surface area contributed by atoms with Crippen LogP contribution >= 0.6 is 15.9 Å². The molecule has 5 nitrogen and oxygen atoms in total. The quantitative estimate of drug-likeness (QED) is 0.893. The molecular weight excluding hydrogens is 356 g/mol. The van der Waals surface area contributed by atoms with Gasteiger partial charge in [-0.2, -0.15) is 0 Å². The fourth-order valence-corrected chi connectivity index (χ4v) is 4.70. The Hall–Kier alpha value is -1.34. The minimum Gasteiger partial charge on any atom is -0.351 e. The molecule has 0 bridgehead atoms. The van der Waals surface area contributed by atoms with Crippen LogP contribution in [0, 0.1) is 0 Å². The summed E-state index contributed by atoms with van der Waals surface area (Å²) in [5.74, 6) is 0.0637. The van der Waals surface area contributed by atoms with Crippen LogP contribution in [0.4, 0.5) is 0 Å². The number of fused-ring (bicyclic) bond motifs is 1. The lowest BCUT2D eigenvalue weighted by atomic mass is 10.2. The molecule has 1 amide bonds. The van der Waals surface area contributed by atoms with Gasteiger partial charge in [-0.3, -0.25) is 4.79 Å². The van der Waals surface area contributed by atoms with Crippen LogP contribution in [0.1, 0.15) is 6.42 Å². The van der Waals surface area contributed by atoms with Crippen molar-refractivity contribution in [2.45, 2.75) is 19.0 Å². The van der Waals surface area contributed by atoms with Crippen LogP contribution in [0.2, 0.25) is 0 Å². The van der Waals surface area contributed by atoms with E-state index < -0.39 is 9.84 Å². The summed E-state index contributed by atoms with van der Waals surface area (Å²) in [5, 5.41) is 3.86. The second kappa shape index (κ2) is 5.46. The monoisotopic (exact) mass is 370 g/mol. The second-order valence-electron chi connectivity index (χ2n) is 5.31. The van der Waals surface area contributed by atoms with E-state index in [0.29, 0.717) is 6.42 Å². The molecule has 0 spiro atoms. The molecule has 1 aromatic heterocycles. The van der Waals surface area contributed by atoms with Gasteiger partial charge in [0.05, 0.1) is 11.5 Å². The van der Waals surface area contributed by atoms with Gasteiger partial charge in [-0.1, -0.05) is 15.9 Å². The van der Waals surface area contributed by atoms with Crippen molar-refractivity contribution in [3.05, 3.63) is 34.9 Å². The molecule has 1 atom stereocenters. The van der Waals surface area contributed by atoms with E-state index >= 15 is 0 Å². The summed E-state index contributed by atoms with van der Waals surface area (Å²) in [6.45, 7) is 0.196. The highest BCUT2D eigenvalue weighted by atomic mass is 79.9. The molecule has 0 radical (unpaired) electrons. The molecule has 1 aliphatic rings. The first-order chi connectivity index (χ1) is 9.93. The highest BCUT2D eigenvalue weighted by Crippen LogP contribution is 2.21. The molecule has 1 aromatic carbocycles. The Balaban J connectivity index is 1.69. The average Bonchev–Trinajstić information content (AvgIpc) is 2.93. The first-order valence-corrected chi connectivity index (χ1v) is 9.28. The van der Waals surface area contributed by atoms with Gasteiger partial charge in [0.1, 0.15) is 6.54 Å². The van der Waals surface area contributed by atoms with Crippen molar-refractivity contribution < 1.29 is 13.2 Å². The Morgan fingerprint density at radius 1 is 1.38 bits per heavy atom. The molecule has 2 aromatic rings. The Kier molecular flexibility index (Phi) is 3.79. The number of hydrogen-bond donors (Lipinski definition) is 1. The summed E-state index contributed by atoms with van der Waals surface area (Å²) < 4.78 is 25.6. The Labute approximate surface area is 131 Å². The van der Waals surface area contributed by atoms with Crippen LogP contribution in [0.5, 0.6) is 0 Å². The fraction of sp³-hybridized carbons (Fsp3) is 0.357. The first-order valence-electron chi connectivity index (χ1n) is 6.67. The highest BCUT2D eigenvalue weighted by Gasteiger charge is 2.28. The molecule has 1 unspecified atom stereocenters. The van der Waals surface area contributed by atoms with Gasteiger partial charge in [-0.15, -0.1) is 0 Å². The maximum Gasteiger partial charge on any atom is 0.240 e. The zero-order chi connectivity index (χ0) is 15.0. The molecule has 0 aliphatic carbocycles. The molecular formula is C14H15BrN2O3S. The van der Waals surface area contributed by atoms with Crippen molar-refractivity contribution in [2.24, 2.45) is 0 Å². The first kappa shape index (κ1) is 14.6. The van der Waals surface area contributed by atoms with Crippen molar-refractivity contribution in [3.8, 4) is 0 Å². The summed E-state index contributed by atoms with van der Waals surface area (Å²) in [6.07, 6.45) is 2.37. The largest absolute Gasteiger partial charge is 0.351 e. The average molecular weight is 371 g/mol. The molecule has 112 valence electrons. The molecule has 1 N–H and O–H groups in total. The van der Waals surface area contributed by atoms with Gasteiger partial charge in [-0.25, -0.2) is 8.42 Å². The number of nitrogens with one attached hydrogen (secondary N) is 1. The van der Waals surface area contributed by atoms with E-state index in [4.69, 9.17) is 0 Å². The van der Waals surface area contributed by atoms with Crippen LogP contribution < -0.4 is 5.32 Å². The number of carbonyl (C=O) groups is 1. The normalized spacial score (nSPS) is 20.7. The molecule has 7 heteroatoms. The lowest BCUT2D eigenvalue weighted by Crippen LogP contribution is -2.37. The molecule has 21 heavy (non-hydrogen) atoms. The molecule has 3 rings (SSSR count). The summed E-state index contributed by atoms with van der Waals surface area (Å²) in [7, 11) is -2.97. The molecule has 2 heterocycles. The number of carbonyl (C=O) groups excluding carboxylic acids is 1. The molecule has 1 fully saturated rings. The van der Waals surface area contributed by atoms with Crippen LogP contribution in [-0.4, -0.2) is 36.4 Å². The van der Waals surface area contributed by atoms with Gasteiger partial charge in [-0.05, 0) is 30.7 Å². The van der Waals surface area contributed by atoms with E-state index in [0.717, 1.165) is 15.4 Å². The van der Waals surface area contributed by atoms with Crippen LogP contribution in [0.25, 0.3) is 10.9 Å². The zero-order valence-corrected chi connectivity index (χ0v) is 13.7. The highest BCUT2D eigenvalue weighted by molar-refractivity contribution is 9.10. The summed E-state index contributed by atoms with van der Waals surface area (Å²) >= 11 is 3.42. The topological polar surface area (TPSA) is 68.2 Å². The van der Waals surface area contributed by atoms with Gasteiger partial charge in [0.2, 0.25) is 5.91 Å². The predicted molar refractivity (Wildman–Crippen MR) is 84.8 cm³/mol. The minimum absolute atomic E-state index is 0.0537. The van der Waals surface area contributed by atoms with E-state index in [1.54, 1.807) is 0 Å². The van der Waals surface area contributed by atoms with Crippen LogP contribution in [0.3, 0.4) is 0 Å². The van der Waals surface area contributed by atoms with Crippen LogP contribution in [0.15, 0.2) is 34.9 Å². The third-order valence-electron chi connectivity index (χ3n) is 3.64. The van der Waals surface area contributed by atoms with Crippen molar-refractivity contribution in [1.29, 1.82) is 0 Å². The Morgan fingerprint density at radius 2 is 2.19 bits per heavy atom. The standard InChI is InChI=1S/C14H15BrN2O3S/c15-11-1-2-13-10(7-11)3-5-17(13)8-14(18)16-12-4-6-21(19,20)9-12/h1-3,5,7,12H,4,6,8-9H2,(H,16,18). The summed E-state index contributed by atoms with van der Waals surface area (Å²) in [5.41, 5.74) is 0.979. The SMILES string of the molecule is O=C(Cn1ccc2cc(Br)ccc21)NC1CCS(=O)(=O)C1. The van der Waals surface area contributed by atoms with Crippen molar-refractivity contribution >= 4 is 42.6 Å². The number of amides is 1. The summed E-state index contributed by atoms with van der Waals surface area (Å²) in [4.78, 5) is 12.1. The van der Waals surface area contributed by atoms with Gasteiger partial charge in [0.25, 0.3) is 0 Å². The van der Waals surface area contributed by atoms with E-state index in [2.05, 4.69) is 21.2 Å². The number of hydrogen-bond acceptors (Lipinski definition) is 3. The van der Waals surface area contributed by atoms with Gasteiger partial charge < -0.3 is 9.88 Å². The molecule has 1 saturated heterocycles. The predicted octanol–water partition coefficient (Wildman–Crippen LogP) is 1.71. The maximum absolute atomic E-state index is 12.1. The molecule has 1 aliphatic heterocycles. The number of benzene rings is 1.